The Hall–Kier alpha value is -1.70. The van der Waals surface area contributed by atoms with Crippen LogP contribution in [-0.2, 0) is 9.59 Å². The maximum atomic E-state index is 13.0. The lowest BCUT2D eigenvalue weighted by Gasteiger charge is -2.36. The van der Waals surface area contributed by atoms with Gasteiger partial charge < -0.3 is 10.2 Å². The predicted octanol–water partition coefficient (Wildman–Crippen LogP) is 2.57. The number of hydrogen-bond acceptors (Lipinski definition) is 6. The molecule has 3 fully saturated rings. The molecule has 1 aromatic rings. The van der Waals surface area contributed by atoms with Gasteiger partial charge in [-0.2, -0.15) is 0 Å². The van der Waals surface area contributed by atoms with Crippen LogP contribution >= 0.6 is 11.3 Å². The molecular weight excluding hydrogens is 362 g/mol. The fourth-order valence-electron chi connectivity index (χ4n) is 4.62. The first kappa shape index (κ1) is 18.7. The summed E-state index contributed by atoms with van der Waals surface area (Å²) in [6.45, 7) is 6.07. The van der Waals surface area contributed by atoms with Crippen LogP contribution in [-0.4, -0.2) is 47.2 Å². The molecule has 2 aliphatic heterocycles. The number of aromatic nitrogens is 2. The number of amides is 2. The van der Waals surface area contributed by atoms with Crippen molar-refractivity contribution in [3.63, 3.8) is 0 Å². The van der Waals surface area contributed by atoms with Gasteiger partial charge in [0.1, 0.15) is 6.04 Å². The van der Waals surface area contributed by atoms with E-state index in [0.717, 1.165) is 43.9 Å². The summed E-state index contributed by atoms with van der Waals surface area (Å²) >= 11 is 1.43. The van der Waals surface area contributed by atoms with Crippen LogP contribution in [0.15, 0.2) is 0 Å². The van der Waals surface area contributed by atoms with Gasteiger partial charge in [-0.3, -0.25) is 14.5 Å². The first-order valence-electron chi connectivity index (χ1n) is 10.3. The van der Waals surface area contributed by atoms with E-state index in [9.17, 15) is 9.59 Å². The molecule has 3 heterocycles. The molecule has 4 atom stereocenters. The zero-order valence-electron chi connectivity index (χ0n) is 16.2. The minimum Gasteiger partial charge on any atom is -0.351 e. The van der Waals surface area contributed by atoms with E-state index in [2.05, 4.69) is 34.3 Å². The minimum atomic E-state index is -0.176. The molecule has 8 heteroatoms. The van der Waals surface area contributed by atoms with Crippen molar-refractivity contribution in [3.8, 4) is 0 Å². The molecular formula is C19H29N5O2S. The third kappa shape index (κ3) is 3.68. The molecule has 0 unspecified atom stereocenters. The first-order chi connectivity index (χ1) is 13.0. The smallest absolute Gasteiger partial charge is 0.243 e. The summed E-state index contributed by atoms with van der Waals surface area (Å²) < 4.78 is 0. The molecule has 0 bridgehead atoms. The van der Waals surface area contributed by atoms with Gasteiger partial charge in [0.15, 0.2) is 0 Å². The topological polar surface area (TPSA) is 78.4 Å². The number of anilines is 2. The van der Waals surface area contributed by atoms with E-state index in [0.29, 0.717) is 23.4 Å². The Morgan fingerprint density at radius 2 is 1.89 bits per heavy atom. The molecule has 4 rings (SSSR count). The zero-order chi connectivity index (χ0) is 19.0. The van der Waals surface area contributed by atoms with Crippen LogP contribution in [0.5, 0.6) is 0 Å². The summed E-state index contributed by atoms with van der Waals surface area (Å²) in [5, 5.41) is 13.3. The first-order valence-corrected chi connectivity index (χ1v) is 11.1. The van der Waals surface area contributed by atoms with Crippen molar-refractivity contribution in [3.05, 3.63) is 0 Å². The molecule has 1 aromatic heterocycles. The number of nitrogens with zero attached hydrogens (tertiary/aromatic N) is 4. The average molecular weight is 392 g/mol. The SMILES string of the molecule is C[C@@H]1[C@H](C)CCC[C@@H]1NC(=O)[C@H]1CCCN1c1nnc(N2CCCC2=O)s1. The molecule has 1 N–H and O–H groups in total. The molecule has 1 saturated carbocycles. The molecule has 3 aliphatic rings. The van der Waals surface area contributed by atoms with Gasteiger partial charge in [-0.25, -0.2) is 0 Å². The molecule has 27 heavy (non-hydrogen) atoms. The van der Waals surface area contributed by atoms with Crippen LogP contribution in [0.4, 0.5) is 10.3 Å². The lowest BCUT2D eigenvalue weighted by atomic mass is 9.78. The number of nitrogens with one attached hydrogen (secondary N) is 1. The predicted molar refractivity (Wildman–Crippen MR) is 106 cm³/mol. The van der Waals surface area contributed by atoms with E-state index in [4.69, 9.17) is 0 Å². The zero-order valence-corrected chi connectivity index (χ0v) is 17.0. The average Bonchev–Trinajstić information content (AvgIpc) is 3.38. The molecule has 7 nitrogen and oxygen atoms in total. The molecule has 0 radical (unpaired) electrons. The van der Waals surface area contributed by atoms with Crippen LogP contribution in [0.2, 0.25) is 0 Å². The summed E-state index contributed by atoms with van der Waals surface area (Å²) in [6, 6.07) is 0.0976. The van der Waals surface area contributed by atoms with Gasteiger partial charge in [0, 0.05) is 25.6 Å². The van der Waals surface area contributed by atoms with Crippen molar-refractivity contribution in [2.45, 2.75) is 70.9 Å². The van der Waals surface area contributed by atoms with E-state index >= 15 is 0 Å². The minimum absolute atomic E-state index is 0.118. The van der Waals surface area contributed by atoms with Crippen LogP contribution < -0.4 is 15.1 Å². The van der Waals surface area contributed by atoms with Crippen molar-refractivity contribution in [2.75, 3.05) is 22.9 Å². The number of hydrogen-bond donors (Lipinski definition) is 1. The Morgan fingerprint density at radius 3 is 2.67 bits per heavy atom. The largest absolute Gasteiger partial charge is 0.351 e. The Labute approximate surface area is 164 Å². The molecule has 148 valence electrons. The second-order valence-corrected chi connectivity index (χ2v) is 9.18. The number of carbonyl (C=O) groups is 2. The Morgan fingerprint density at radius 1 is 1.07 bits per heavy atom. The van der Waals surface area contributed by atoms with Gasteiger partial charge in [0.2, 0.25) is 22.1 Å². The number of rotatable bonds is 4. The Balaban J connectivity index is 1.43. The Kier molecular flexibility index (Phi) is 5.34. The van der Waals surface area contributed by atoms with E-state index in [1.807, 2.05) is 0 Å². The van der Waals surface area contributed by atoms with Crippen LogP contribution in [0.3, 0.4) is 0 Å². The highest BCUT2D eigenvalue weighted by Crippen LogP contribution is 2.34. The summed E-state index contributed by atoms with van der Waals surface area (Å²) in [6.07, 6.45) is 6.80. The van der Waals surface area contributed by atoms with Crippen molar-refractivity contribution in [2.24, 2.45) is 11.8 Å². The van der Waals surface area contributed by atoms with E-state index < -0.39 is 0 Å². The standard InChI is InChI=1S/C19H29N5O2S/c1-12-6-3-7-14(13(12)2)20-17(26)15-8-4-10-23(15)18-21-22-19(27-18)24-11-5-9-16(24)25/h12-15H,3-11H2,1-2H3,(H,20,26)/t12-,13-,14+,15-/m1/s1. The van der Waals surface area contributed by atoms with Gasteiger partial charge >= 0.3 is 0 Å². The van der Waals surface area contributed by atoms with E-state index in [1.165, 1.54) is 24.2 Å². The maximum absolute atomic E-state index is 13.0. The molecule has 1 aliphatic carbocycles. The van der Waals surface area contributed by atoms with Crippen LogP contribution in [0.1, 0.15) is 58.8 Å². The van der Waals surface area contributed by atoms with E-state index in [-0.39, 0.29) is 23.9 Å². The highest BCUT2D eigenvalue weighted by molar-refractivity contribution is 7.19. The Bertz CT molecular complexity index is 708. The summed E-state index contributed by atoms with van der Waals surface area (Å²) in [5.74, 6) is 1.42. The van der Waals surface area contributed by atoms with Gasteiger partial charge in [0.25, 0.3) is 0 Å². The fourth-order valence-corrected chi connectivity index (χ4v) is 5.58. The number of carbonyl (C=O) groups excluding carboxylic acids is 2. The van der Waals surface area contributed by atoms with E-state index in [1.54, 1.807) is 4.90 Å². The summed E-state index contributed by atoms with van der Waals surface area (Å²) in [5.41, 5.74) is 0. The second-order valence-electron chi connectivity index (χ2n) is 8.25. The van der Waals surface area contributed by atoms with Crippen molar-refractivity contribution in [1.29, 1.82) is 0 Å². The lowest BCUT2D eigenvalue weighted by Crippen LogP contribution is -2.50. The monoisotopic (exact) mass is 391 g/mol. The van der Waals surface area contributed by atoms with Gasteiger partial charge in [-0.05, 0) is 37.5 Å². The van der Waals surface area contributed by atoms with Crippen molar-refractivity contribution >= 4 is 33.4 Å². The normalized spacial score (nSPS) is 31.6. The molecule has 2 saturated heterocycles. The van der Waals surface area contributed by atoms with Crippen molar-refractivity contribution < 1.29 is 9.59 Å². The van der Waals surface area contributed by atoms with Gasteiger partial charge in [0.05, 0.1) is 0 Å². The fraction of sp³-hybridized carbons (Fsp3) is 0.789. The highest BCUT2D eigenvalue weighted by Gasteiger charge is 2.36. The third-order valence-electron chi connectivity index (χ3n) is 6.54. The molecule has 0 aromatic carbocycles. The van der Waals surface area contributed by atoms with Crippen LogP contribution in [0.25, 0.3) is 0 Å². The lowest BCUT2D eigenvalue weighted by molar-refractivity contribution is -0.123. The maximum Gasteiger partial charge on any atom is 0.243 e. The van der Waals surface area contributed by atoms with Gasteiger partial charge in [-0.1, -0.05) is 38.0 Å². The second kappa shape index (κ2) is 7.73. The van der Waals surface area contributed by atoms with Gasteiger partial charge in [-0.15, -0.1) is 10.2 Å². The van der Waals surface area contributed by atoms with Crippen molar-refractivity contribution in [1.82, 2.24) is 15.5 Å². The third-order valence-corrected chi connectivity index (χ3v) is 7.53. The molecule has 0 spiro atoms. The summed E-state index contributed by atoms with van der Waals surface area (Å²) in [7, 11) is 0. The van der Waals surface area contributed by atoms with Crippen LogP contribution in [0, 0.1) is 11.8 Å². The highest BCUT2D eigenvalue weighted by atomic mass is 32.1. The molecule has 2 amide bonds. The summed E-state index contributed by atoms with van der Waals surface area (Å²) in [4.78, 5) is 28.7. The quantitative estimate of drug-likeness (QED) is 0.853.